The molecule has 2 aliphatic rings. The van der Waals surface area contributed by atoms with Crippen molar-refractivity contribution in [3.05, 3.63) is 23.3 Å². The fourth-order valence-corrected chi connectivity index (χ4v) is 3.90. The van der Waals surface area contributed by atoms with Gasteiger partial charge in [-0.25, -0.2) is 0 Å². The molecule has 2 aliphatic heterocycles. The second-order valence-electron chi connectivity index (χ2n) is 6.80. The first-order valence-corrected chi connectivity index (χ1v) is 8.98. The smallest absolute Gasteiger partial charge is 0.239 e. The lowest BCUT2D eigenvalue weighted by Crippen LogP contribution is -2.52. The molecule has 1 aromatic rings. The third-order valence-corrected chi connectivity index (χ3v) is 5.49. The number of hydrogen-bond donors (Lipinski definition) is 1. The number of amides is 1. The lowest BCUT2D eigenvalue weighted by molar-refractivity contribution is -0.142. The quantitative estimate of drug-likeness (QED) is 0.861. The van der Waals surface area contributed by atoms with Gasteiger partial charge in [-0.1, -0.05) is 6.92 Å². The summed E-state index contributed by atoms with van der Waals surface area (Å²) in [5.74, 6) is 1.51. The second kappa shape index (κ2) is 8.46. The molecule has 146 valence electrons. The highest BCUT2D eigenvalue weighted by Gasteiger charge is 2.42. The molecule has 1 saturated heterocycles. The Morgan fingerprint density at radius 3 is 2.46 bits per heavy atom. The lowest BCUT2D eigenvalue weighted by atomic mass is 9.79. The molecule has 2 heterocycles. The van der Waals surface area contributed by atoms with E-state index >= 15 is 0 Å². The van der Waals surface area contributed by atoms with Gasteiger partial charge < -0.3 is 24.8 Å². The molecule has 0 bridgehead atoms. The maximum absolute atomic E-state index is 12.4. The maximum Gasteiger partial charge on any atom is 0.239 e. The molecule has 1 fully saturated rings. The molecule has 1 atom stereocenters. The maximum atomic E-state index is 12.4. The number of carbonyl (C=O) groups is 1. The molecule has 0 radical (unpaired) electrons. The van der Waals surface area contributed by atoms with E-state index in [9.17, 15) is 4.79 Å². The van der Waals surface area contributed by atoms with Crippen molar-refractivity contribution in [3.8, 4) is 11.5 Å². The minimum absolute atomic E-state index is 0. The molecular weight excluding hydrogens is 356 g/mol. The minimum Gasteiger partial charge on any atom is -0.493 e. The monoisotopic (exact) mass is 384 g/mol. The van der Waals surface area contributed by atoms with E-state index in [1.165, 1.54) is 11.1 Å². The number of nitrogens with two attached hydrogens (primary N) is 1. The molecule has 3 rings (SSSR count). The van der Waals surface area contributed by atoms with Crippen LogP contribution in [0.3, 0.4) is 0 Å². The predicted octanol–water partition coefficient (Wildman–Crippen LogP) is 2.25. The highest BCUT2D eigenvalue weighted by Crippen LogP contribution is 2.45. The van der Waals surface area contributed by atoms with Crippen LogP contribution in [0.4, 0.5) is 0 Å². The van der Waals surface area contributed by atoms with E-state index in [1.54, 1.807) is 14.2 Å². The Morgan fingerprint density at radius 1 is 1.27 bits per heavy atom. The number of ether oxygens (including phenoxy) is 3. The summed E-state index contributed by atoms with van der Waals surface area (Å²) >= 11 is 0. The number of hydrogen-bond acceptors (Lipinski definition) is 5. The first-order chi connectivity index (χ1) is 12.0. The van der Waals surface area contributed by atoms with Crippen LogP contribution in [-0.2, 0) is 21.6 Å². The molecule has 26 heavy (non-hydrogen) atoms. The minimum atomic E-state index is -0.405. The zero-order valence-corrected chi connectivity index (χ0v) is 16.6. The molecule has 1 aromatic carbocycles. The summed E-state index contributed by atoms with van der Waals surface area (Å²) < 4.78 is 17.2. The molecule has 0 aliphatic carbocycles. The van der Waals surface area contributed by atoms with Crippen molar-refractivity contribution in [1.29, 1.82) is 0 Å². The highest BCUT2D eigenvalue weighted by molar-refractivity contribution is 5.85. The van der Waals surface area contributed by atoms with Gasteiger partial charge in [0, 0.05) is 13.1 Å². The summed E-state index contributed by atoms with van der Waals surface area (Å²) in [6.45, 7) is 3.96. The summed E-state index contributed by atoms with van der Waals surface area (Å²) in [5, 5.41) is 0. The summed E-state index contributed by atoms with van der Waals surface area (Å²) in [7, 11) is 3.30. The van der Waals surface area contributed by atoms with Crippen LogP contribution in [0.25, 0.3) is 0 Å². The van der Waals surface area contributed by atoms with Gasteiger partial charge in [-0.3, -0.25) is 4.79 Å². The van der Waals surface area contributed by atoms with Crippen LogP contribution in [-0.4, -0.2) is 50.8 Å². The van der Waals surface area contributed by atoms with Gasteiger partial charge in [0.1, 0.15) is 0 Å². The molecule has 1 amide bonds. The van der Waals surface area contributed by atoms with Crippen molar-refractivity contribution in [2.45, 2.75) is 44.2 Å². The second-order valence-corrected chi connectivity index (χ2v) is 6.80. The zero-order chi connectivity index (χ0) is 18.0. The van der Waals surface area contributed by atoms with Crippen LogP contribution < -0.4 is 15.2 Å². The van der Waals surface area contributed by atoms with Crippen molar-refractivity contribution < 1.29 is 19.0 Å². The van der Waals surface area contributed by atoms with Crippen LogP contribution in [0.15, 0.2) is 12.1 Å². The summed E-state index contributed by atoms with van der Waals surface area (Å²) in [6, 6.07) is 3.70. The average molecular weight is 385 g/mol. The summed E-state index contributed by atoms with van der Waals surface area (Å²) in [6.07, 6.45) is 3.08. The number of piperidine rings is 1. The Balaban J connectivity index is 0.00000243. The van der Waals surface area contributed by atoms with Gasteiger partial charge in [-0.15, -0.1) is 12.4 Å². The molecule has 0 aromatic heterocycles. The van der Waals surface area contributed by atoms with Crippen molar-refractivity contribution in [3.63, 3.8) is 0 Å². The van der Waals surface area contributed by atoms with Crippen LogP contribution in [0.2, 0.25) is 0 Å². The molecular formula is C19H29ClN2O4. The molecule has 0 unspecified atom stereocenters. The third kappa shape index (κ3) is 3.63. The van der Waals surface area contributed by atoms with Crippen LogP contribution >= 0.6 is 12.4 Å². The normalized spacial score (nSPS) is 19.3. The lowest BCUT2D eigenvalue weighted by Gasteiger charge is -2.45. The molecule has 1 spiro atoms. The van der Waals surface area contributed by atoms with Crippen molar-refractivity contribution in [2.24, 2.45) is 5.73 Å². The number of benzene rings is 1. The SMILES string of the molecule is CC[C@H](N)C(=O)N1CCC2(CC1)OCCc1cc(OC)c(OC)cc12.Cl. The van der Waals surface area contributed by atoms with Crippen LogP contribution in [0.1, 0.15) is 37.3 Å². The Morgan fingerprint density at radius 2 is 1.88 bits per heavy atom. The van der Waals surface area contributed by atoms with E-state index in [0.717, 1.165) is 30.8 Å². The van der Waals surface area contributed by atoms with E-state index in [0.29, 0.717) is 26.1 Å². The van der Waals surface area contributed by atoms with Crippen molar-refractivity contribution >= 4 is 18.3 Å². The average Bonchev–Trinajstić information content (AvgIpc) is 2.66. The van der Waals surface area contributed by atoms with Gasteiger partial charge in [0.05, 0.1) is 32.5 Å². The summed E-state index contributed by atoms with van der Waals surface area (Å²) in [4.78, 5) is 14.2. The Bertz CT molecular complexity index is 645. The largest absolute Gasteiger partial charge is 0.493 e. The van der Waals surface area contributed by atoms with E-state index in [1.807, 2.05) is 17.9 Å². The van der Waals surface area contributed by atoms with E-state index in [-0.39, 0.29) is 23.9 Å². The molecule has 2 N–H and O–H groups in total. The van der Waals surface area contributed by atoms with E-state index in [2.05, 4.69) is 6.07 Å². The Hall–Kier alpha value is -1.50. The number of carbonyl (C=O) groups excluding carboxylic acids is 1. The van der Waals surface area contributed by atoms with Crippen molar-refractivity contribution in [2.75, 3.05) is 33.9 Å². The Labute approximate surface area is 161 Å². The van der Waals surface area contributed by atoms with Gasteiger partial charge in [0.15, 0.2) is 11.5 Å². The van der Waals surface area contributed by atoms with E-state index < -0.39 is 6.04 Å². The van der Waals surface area contributed by atoms with Crippen molar-refractivity contribution in [1.82, 2.24) is 4.90 Å². The van der Waals surface area contributed by atoms with Gasteiger partial charge in [0.25, 0.3) is 0 Å². The zero-order valence-electron chi connectivity index (χ0n) is 15.7. The van der Waals surface area contributed by atoms with Crippen LogP contribution in [0, 0.1) is 0 Å². The van der Waals surface area contributed by atoms with Gasteiger partial charge in [-0.05, 0) is 48.9 Å². The predicted molar refractivity (Wildman–Crippen MR) is 102 cm³/mol. The fourth-order valence-electron chi connectivity index (χ4n) is 3.90. The van der Waals surface area contributed by atoms with E-state index in [4.69, 9.17) is 19.9 Å². The standard InChI is InChI=1S/C19H28N2O4.ClH/c1-4-15(20)18(22)21-8-6-19(7-9-21)14-12-17(24-3)16(23-2)11-13(14)5-10-25-19;/h11-12,15H,4-10,20H2,1-3H3;1H/t15-;/m0./s1. The van der Waals surface area contributed by atoms with Gasteiger partial charge in [0.2, 0.25) is 5.91 Å². The Kier molecular flexibility index (Phi) is 6.77. The number of fused-ring (bicyclic) bond motifs is 2. The molecule has 0 saturated carbocycles. The third-order valence-electron chi connectivity index (χ3n) is 5.49. The summed E-state index contributed by atoms with van der Waals surface area (Å²) in [5.41, 5.74) is 7.98. The van der Waals surface area contributed by atoms with Gasteiger partial charge in [-0.2, -0.15) is 0 Å². The highest BCUT2D eigenvalue weighted by atomic mass is 35.5. The van der Waals surface area contributed by atoms with Crippen LogP contribution in [0.5, 0.6) is 11.5 Å². The molecule has 6 nitrogen and oxygen atoms in total. The number of likely N-dealkylation sites (tertiary alicyclic amines) is 1. The topological polar surface area (TPSA) is 74.0 Å². The molecule has 7 heteroatoms. The number of nitrogens with zero attached hydrogens (tertiary/aromatic N) is 1. The number of rotatable bonds is 4. The first kappa shape index (κ1) is 20.8. The number of halogens is 1. The fraction of sp³-hybridized carbons (Fsp3) is 0.632. The van der Waals surface area contributed by atoms with Gasteiger partial charge >= 0.3 is 0 Å². The first-order valence-electron chi connectivity index (χ1n) is 8.98. The number of methoxy groups -OCH3 is 2.